The zero-order valence-electron chi connectivity index (χ0n) is 13.1. The van der Waals surface area contributed by atoms with Gasteiger partial charge in [-0.2, -0.15) is 0 Å². The lowest BCUT2D eigenvalue weighted by Gasteiger charge is -2.19. The summed E-state index contributed by atoms with van der Waals surface area (Å²) in [5.41, 5.74) is 5.15. The van der Waals surface area contributed by atoms with Crippen molar-refractivity contribution in [2.45, 2.75) is 46.6 Å². The summed E-state index contributed by atoms with van der Waals surface area (Å²) < 4.78 is 0. The highest BCUT2D eigenvalue weighted by molar-refractivity contribution is 7.09. The molecule has 0 aliphatic rings. The Hall–Kier alpha value is -1.19. The quantitative estimate of drug-likeness (QED) is 0.904. The predicted octanol–water partition coefficient (Wildman–Crippen LogP) is 4.36. The first-order chi connectivity index (χ1) is 9.35. The molecule has 0 saturated carbocycles. The van der Waals surface area contributed by atoms with Gasteiger partial charge in [-0.1, -0.05) is 12.1 Å². The topological polar surface area (TPSA) is 24.9 Å². The van der Waals surface area contributed by atoms with E-state index in [0.29, 0.717) is 0 Å². The van der Waals surface area contributed by atoms with Gasteiger partial charge >= 0.3 is 0 Å². The van der Waals surface area contributed by atoms with Crippen LogP contribution in [0, 0.1) is 13.8 Å². The Balaban J connectivity index is 2.03. The number of aryl methyl sites for hydroxylation is 2. The van der Waals surface area contributed by atoms with E-state index in [0.717, 1.165) is 18.7 Å². The van der Waals surface area contributed by atoms with E-state index in [1.807, 2.05) is 0 Å². The van der Waals surface area contributed by atoms with Crippen molar-refractivity contribution < 1.29 is 0 Å². The first-order valence-electron chi connectivity index (χ1n) is 7.12. The van der Waals surface area contributed by atoms with Crippen LogP contribution in [-0.2, 0) is 6.42 Å². The molecule has 2 nitrogen and oxygen atoms in total. The SMILES string of the molecule is Cc1ccc(-c2csc(CCNC(C)(C)C)n2)cc1C. The van der Waals surface area contributed by atoms with Crippen LogP contribution in [0.5, 0.6) is 0 Å². The number of rotatable bonds is 4. The van der Waals surface area contributed by atoms with Crippen LogP contribution in [0.1, 0.15) is 36.9 Å². The van der Waals surface area contributed by atoms with Crippen LogP contribution in [-0.4, -0.2) is 17.1 Å². The third kappa shape index (κ3) is 4.15. The van der Waals surface area contributed by atoms with Gasteiger partial charge in [0.1, 0.15) is 0 Å². The molecule has 2 aromatic rings. The van der Waals surface area contributed by atoms with E-state index >= 15 is 0 Å². The van der Waals surface area contributed by atoms with Crippen molar-refractivity contribution in [2.24, 2.45) is 0 Å². The Morgan fingerprint density at radius 3 is 2.55 bits per heavy atom. The number of nitrogens with zero attached hydrogens (tertiary/aromatic N) is 1. The maximum atomic E-state index is 4.75. The molecule has 1 heterocycles. The van der Waals surface area contributed by atoms with Gasteiger partial charge in [-0.3, -0.25) is 0 Å². The van der Waals surface area contributed by atoms with Crippen LogP contribution >= 0.6 is 11.3 Å². The molecule has 0 fully saturated rings. The fourth-order valence-electron chi connectivity index (χ4n) is 2.00. The molecule has 1 N–H and O–H groups in total. The summed E-state index contributed by atoms with van der Waals surface area (Å²) in [6.45, 7) is 11.8. The second-order valence-corrected chi connectivity index (χ2v) is 7.29. The fourth-order valence-corrected chi connectivity index (χ4v) is 2.81. The number of thiazole rings is 1. The van der Waals surface area contributed by atoms with Crippen LogP contribution in [0.15, 0.2) is 23.6 Å². The summed E-state index contributed by atoms with van der Waals surface area (Å²) in [5, 5.41) is 6.87. The van der Waals surface area contributed by atoms with Crippen molar-refractivity contribution in [1.82, 2.24) is 10.3 Å². The van der Waals surface area contributed by atoms with Crippen molar-refractivity contribution >= 4 is 11.3 Å². The fraction of sp³-hybridized carbons (Fsp3) is 0.471. The van der Waals surface area contributed by atoms with Gasteiger partial charge in [-0.05, 0) is 51.8 Å². The largest absolute Gasteiger partial charge is 0.312 e. The van der Waals surface area contributed by atoms with Crippen LogP contribution < -0.4 is 5.32 Å². The van der Waals surface area contributed by atoms with Crippen molar-refractivity contribution in [1.29, 1.82) is 0 Å². The van der Waals surface area contributed by atoms with E-state index in [9.17, 15) is 0 Å². The molecule has 108 valence electrons. The summed E-state index contributed by atoms with van der Waals surface area (Å²) in [6, 6.07) is 6.56. The minimum atomic E-state index is 0.175. The number of hydrogen-bond donors (Lipinski definition) is 1. The maximum absolute atomic E-state index is 4.75. The van der Waals surface area contributed by atoms with Crippen molar-refractivity contribution in [3.05, 3.63) is 39.7 Å². The molecule has 0 atom stereocenters. The molecule has 2 rings (SSSR count). The first-order valence-corrected chi connectivity index (χ1v) is 8.00. The molecule has 0 aliphatic carbocycles. The lowest BCUT2D eigenvalue weighted by atomic mass is 10.1. The molecule has 0 amide bonds. The monoisotopic (exact) mass is 288 g/mol. The molecule has 0 saturated heterocycles. The maximum Gasteiger partial charge on any atom is 0.0945 e. The zero-order valence-corrected chi connectivity index (χ0v) is 13.9. The Morgan fingerprint density at radius 2 is 1.90 bits per heavy atom. The number of hydrogen-bond acceptors (Lipinski definition) is 3. The van der Waals surface area contributed by atoms with Gasteiger partial charge in [-0.15, -0.1) is 11.3 Å². The zero-order chi connectivity index (χ0) is 14.8. The van der Waals surface area contributed by atoms with E-state index in [2.05, 4.69) is 63.5 Å². The van der Waals surface area contributed by atoms with Crippen LogP contribution in [0.25, 0.3) is 11.3 Å². The standard InChI is InChI=1S/C17H24N2S/c1-12-6-7-14(10-13(12)2)15-11-20-16(19-15)8-9-18-17(3,4)5/h6-7,10-11,18H,8-9H2,1-5H3. The number of aromatic nitrogens is 1. The van der Waals surface area contributed by atoms with E-state index in [-0.39, 0.29) is 5.54 Å². The molecule has 1 aromatic heterocycles. The minimum absolute atomic E-state index is 0.175. The average molecular weight is 288 g/mol. The van der Waals surface area contributed by atoms with E-state index in [1.54, 1.807) is 11.3 Å². The van der Waals surface area contributed by atoms with Gasteiger partial charge in [0.15, 0.2) is 0 Å². The molecule has 0 radical (unpaired) electrons. The number of nitrogens with one attached hydrogen (secondary N) is 1. The van der Waals surface area contributed by atoms with Gasteiger partial charge in [0.05, 0.1) is 10.7 Å². The second-order valence-electron chi connectivity index (χ2n) is 6.35. The summed E-state index contributed by atoms with van der Waals surface area (Å²) in [5.74, 6) is 0. The Morgan fingerprint density at radius 1 is 1.15 bits per heavy atom. The van der Waals surface area contributed by atoms with Crippen molar-refractivity contribution in [3.63, 3.8) is 0 Å². The van der Waals surface area contributed by atoms with Gasteiger partial charge in [0.25, 0.3) is 0 Å². The molecule has 0 unspecified atom stereocenters. The molecule has 3 heteroatoms. The van der Waals surface area contributed by atoms with E-state index in [1.165, 1.54) is 21.7 Å². The summed E-state index contributed by atoms with van der Waals surface area (Å²) in [6.07, 6.45) is 0.993. The minimum Gasteiger partial charge on any atom is -0.312 e. The summed E-state index contributed by atoms with van der Waals surface area (Å²) in [7, 11) is 0. The molecule has 20 heavy (non-hydrogen) atoms. The molecule has 0 spiro atoms. The van der Waals surface area contributed by atoms with Crippen molar-refractivity contribution in [2.75, 3.05) is 6.54 Å². The Bertz CT molecular complexity index is 579. The van der Waals surface area contributed by atoms with Crippen LogP contribution in [0.4, 0.5) is 0 Å². The summed E-state index contributed by atoms with van der Waals surface area (Å²) >= 11 is 1.75. The third-order valence-electron chi connectivity index (χ3n) is 3.35. The van der Waals surface area contributed by atoms with Gasteiger partial charge in [0, 0.05) is 29.4 Å². The smallest absolute Gasteiger partial charge is 0.0945 e. The highest BCUT2D eigenvalue weighted by Crippen LogP contribution is 2.24. The Labute approximate surface area is 126 Å². The average Bonchev–Trinajstić information content (AvgIpc) is 2.80. The lowest BCUT2D eigenvalue weighted by molar-refractivity contribution is 0.429. The van der Waals surface area contributed by atoms with Crippen LogP contribution in [0.3, 0.4) is 0 Å². The first kappa shape index (κ1) is 15.2. The Kier molecular flexibility index (Phi) is 4.61. The predicted molar refractivity (Wildman–Crippen MR) is 88.5 cm³/mol. The molecule has 0 bridgehead atoms. The van der Waals surface area contributed by atoms with Gasteiger partial charge < -0.3 is 5.32 Å². The lowest BCUT2D eigenvalue weighted by Crippen LogP contribution is -2.37. The van der Waals surface area contributed by atoms with E-state index in [4.69, 9.17) is 4.98 Å². The second kappa shape index (κ2) is 6.06. The van der Waals surface area contributed by atoms with Crippen LogP contribution in [0.2, 0.25) is 0 Å². The van der Waals surface area contributed by atoms with Gasteiger partial charge in [0.2, 0.25) is 0 Å². The highest BCUT2D eigenvalue weighted by atomic mass is 32.1. The molecular formula is C17H24N2S. The summed E-state index contributed by atoms with van der Waals surface area (Å²) in [4.78, 5) is 4.75. The molecular weight excluding hydrogens is 264 g/mol. The highest BCUT2D eigenvalue weighted by Gasteiger charge is 2.09. The van der Waals surface area contributed by atoms with E-state index < -0.39 is 0 Å². The molecule has 0 aliphatic heterocycles. The third-order valence-corrected chi connectivity index (χ3v) is 4.26. The molecule has 1 aromatic carbocycles. The normalized spacial score (nSPS) is 11.8. The van der Waals surface area contributed by atoms with Gasteiger partial charge in [-0.25, -0.2) is 4.98 Å². The van der Waals surface area contributed by atoms with Crippen molar-refractivity contribution in [3.8, 4) is 11.3 Å². The number of benzene rings is 1.